The fraction of sp³-hybridized carbons (Fsp3) is 0.462. The molecule has 1 aromatic rings. The SMILES string of the molecule is CCNS(=O)(=O)c1ccc(NCCCOC)c(C(=O)O)c1. The number of methoxy groups -OCH3 is 1. The molecule has 0 bridgehead atoms. The highest BCUT2D eigenvalue weighted by Crippen LogP contribution is 2.20. The number of aromatic carboxylic acids is 1. The normalized spacial score (nSPS) is 11.3. The van der Waals surface area contributed by atoms with Crippen LogP contribution in [0.5, 0.6) is 0 Å². The van der Waals surface area contributed by atoms with Gasteiger partial charge in [0.2, 0.25) is 10.0 Å². The highest BCUT2D eigenvalue weighted by atomic mass is 32.2. The van der Waals surface area contributed by atoms with E-state index in [2.05, 4.69) is 10.0 Å². The van der Waals surface area contributed by atoms with Crippen molar-refractivity contribution >= 4 is 21.7 Å². The number of hydrogen-bond donors (Lipinski definition) is 3. The maximum atomic E-state index is 11.9. The molecule has 8 heteroatoms. The summed E-state index contributed by atoms with van der Waals surface area (Å²) < 4.78 is 31.0. The number of hydrogen-bond acceptors (Lipinski definition) is 5. The first kappa shape index (κ1) is 17.4. The summed E-state index contributed by atoms with van der Waals surface area (Å²) in [6, 6.07) is 3.99. The van der Waals surface area contributed by atoms with Gasteiger partial charge in [-0.05, 0) is 24.6 Å². The number of benzene rings is 1. The van der Waals surface area contributed by atoms with Crippen molar-refractivity contribution in [2.45, 2.75) is 18.2 Å². The highest BCUT2D eigenvalue weighted by Gasteiger charge is 2.18. The molecule has 21 heavy (non-hydrogen) atoms. The predicted octanol–water partition coefficient (Wildman–Crippen LogP) is 1.13. The van der Waals surface area contributed by atoms with Crippen molar-refractivity contribution in [2.75, 3.05) is 32.1 Å². The quantitative estimate of drug-likeness (QED) is 0.590. The van der Waals surface area contributed by atoms with E-state index in [-0.39, 0.29) is 17.0 Å². The van der Waals surface area contributed by atoms with Gasteiger partial charge in [0.05, 0.1) is 10.5 Å². The Morgan fingerprint density at radius 1 is 1.38 bits per heavy atom. The lowest BCUT2D eigenvalue weighted by Gasteiger charge is -2.11. The van der Waals surface area contributed by atoms with E-state index in [1.165, 1.54) is 12.1 Å². The molecule has 0 saturated carbocycles. The summed E-state index contributed by atoms with van der Waals surface area (Å²) in [5.74, 6) is -1.18. The second-order valence-corrected chi connectivity index (χ2v) is 6.05. The molecule has 1 rings (SSSR count). The summed E-state index contributed by atoms with van der Waals surface area (Å²) in [7, 11) is -2.09. The first-order valence-electron chi connectivity index (χ1n) is 6.52. The molecule has 0 spiro atoms. The number of rotatable bonds is 9. The Bertz CT molecular complexity index is 586. The lowest BCUT2D eigenvalue weighted by atomic mass is 10.2. The summed E-state index contributed by atoms with van der Waals surface area (Å²) in [5.41, 5.74) is 0.306. The molecule has 118 valence electrons. The molecule has 0 heterocycles. The minimum Gasteiger partial charge on any atom is -0.478 e. The Kier molecular flexibility index (Phi) is 6.60. The van der Waals surface area contributed by atoms with Crippen LogP contribution in [0.25, 0.3) is 0 Å². The van der Waals surface area contributed by atoms with E-state index in [9.17, 15) is 18.3 Å². The third kappa shape index (κ3) is 5.00. The molecule has 0 saturated heterocycles. The minimum atomic E-state index is -3.67. The van der Waals surface area contributed by atoms with Crippen LogP contribution in [0.4, 0.5) is 5.69 Å². The van der Waals surface area contributed by atoms with Crippen molar-refractivity contribution in [3.05, 3.63) is 23.8 Å². The van der Waals surface area contributed by atoms with E-state index in [0.29, 0.717) is 25.3 Å². The zero-order valence-corrected chi connectivity index (χ0v) is 12.9. The fourth-order valence-corrected chi connectivity index (χ4v) is 2.80. The van der Waals surface area contributed by atoms with Gasteiger partial charge in [-0.25, -0.2) is 17.9 Å². The zero-order valence-electron chi connectivity index (χ0n) is 12.0. The van der Waals surface area contributed by atoms with Crippen molar-refractivity contribution in [2.24, 2.45) is 0 Å². The van der Waals surface area contributed by atoms with Crippen molar-refractivity contribution in [3.8, 4) is 0 Å². The summed E-state index contributed by atoms with van der Waals surface area (Å²) in [6.45, 7) is 2.98. The number of carbonyl (C=O) groups is 1. The van der Waals surface area contributed by atoms with E-state index in [0.717, 1.165) is 6.07 Å². The van der Waals surface area contributed by atoms with Gasteiger partial charge in [-0.2, -0.15) is 0 Å². The zero-order chi connectivity index (χ0) is 15.9. The first-order chi connectivity index (χ1) is 9.92. The van der Waals surface area contributed by atoms with E-state index < -0.39 is 16.0 Å². The van der Waals surface area contributed by atoms with Crippen LogP contribution in [0, 0.1) is 0 Å². The third-order valence-electron chi connectivity index (χ3n) is 2.71. The van der Waals surface area contributed by atoms with Crippen LogP contribution in [0.2, 0.25) is 0 Å². The van der Waals surface area contributed by atoms with Gasteiger partial charge in [0.25, 0.3) is 0 Å². The van der Waals surface area contributed by atoms with Crippen LogP contribution >= 0.6 is 0 Å². The van der Waals surface area contributed by atoms with Gasteiger partial charge >= 0.3 is 5.97 Å². The monoisotopic (exact) mass is 316 g/mol. The van der Waals surface area contributed by atoms with Crippen molar-refractivity contribution in [1.82, 2.24) is 4.72 Å². The van der Waals surface area contributed by atoms with E-state index in [1.807, 2.05) is 0 Å². The summed E-state index contributed by atoms with van der Waals surface area (Å²) >= 11 is 0. The molecule has 7 nitrogen and oxygen atoms in total. The minimum absolute atomic E-state index is 0.0656. The molecule has 0 aliphatic heterocycles. The average Bonchev–Trinajstić information content (AvgIpc) is 2.43. The van der Waals surface area contributed by atoms with Crippen LogP contribution < -0.4 is 10.0 Å². The summed E-state index contributed by atoms with van der Waals surface area (Å²) in [5, 5.41) is 12.2. The predicted molar refractivity (Wildman–Crippen MR) is 79.2 cm³/mol. The Hall–Kier alpha value is -1.64. The highest BCUT2D eigenvalue weighted by molar-refractivity contribution is 7.89. The van der Waals surface area contributed by atoms with Gasteiger partial charge in [0.15, 0.2) is 0 Å². The maximum absolute atomic E-state index is 11.9. The first-order valence-corrected chi connectivity index (χ1v) is 8.00. The van der Waals surface area contributed by atoms with Crippen LogP contribution in [-0.2, 0) is 14.8 Å². The molecule has 1 aromatic carbocycles. The van der Waals surface area contributed by atoms with Gasteiger partial charge in [-0.3, -0.25) is 0 Å². The van der Waals surface area contributed by atoms with Gasteiger partial charge in [0, 0.05) is 32.5 Å². The average molecular weight is 316 g/mol. The van der Waals surface area contributed by atoms with Gasteiger partial charge in [-0.15, -0.1) is 0 Å². The summed E-state index contributed by atoms with van der Waals surface area (Å²) in [6.07, 6.45) is 0.715. The van der Waals surface area contributed by atoms with Crippen LogP contribution in [0.1, 0.15) is 23.7 Å². The molecule has 0 aliphatic carbocycles. The second-order valence-electron chi connectivity index (χ2n) is 4.29. The fourth-order valence-electron chi connectivity index (χ4n) is 1.73. The van der Waals surface area contributed by atoms with Gasteiger partial charge in [-0.1, -0.05) is 6.92 Å². The number of carboxylic acid groups (broad SMARTS) is 1. The molecule has 0 unspecified atom stereocenters. The lowest BCUT2D eigenvalue weighted by Crippen LogP contribution is -2.23. The Morgan fingerprint density at radius 2 is 2.10 bits per heavy atom. The number of carboxylic acids is 1. The molecule has 0 radical (unpaired) electrons. The van der Waals surface area contributed by atoms with Crippen molar-refractivity contribution < 1.29 is 23.1 Å². The Balaban J connectivity index is 3.00. The molecule has 0 atom stereocenters. The van der Waals surface area contributed by atoms with Crippen LogP contribution in [0.15, 0.2) is 23.1 Å². The molecular weight excluding hydrogens is 296 g/mol. The molecule has 0 aliphatic rings. The van der Waals surface area contributed by atoms with Gasteiger partial charge < -0.3 is 15.2 Å². The topological polar surface area (TPSA) is 105 Å². The van der Waals surface area contributed by atoms with Crippen LogP contribution in [-0.4, -0.2) is 46.3 Å². The smallest absolute Gasteiger partial charge is 0.337 e. The second kappa shape index (κ2) is 7.96. The standard InChI is InChI=1S/C13H20N2O5S/c1-3-15-21(18,19)10-5-6-12(11(9-10)13(16)17)14-7-4-8-20-2/h5-6,9,14-15H,3-4,7-8H2,1-2H3,(H,16,17). The largest absolute Gasteiger partial charge is 0.478 e. The van der Waals surface area contributed by atoms with E-state index in [1.54, 1.807) is 14.0 Å². The molecular formula is C13H20N2O5S. The maximum Gasteiger partial charge on any atom is 0.337 e. The molecule has 3 N–H and O–H groups in total. The van der Waals surface area contributed by atoms with Crippen molar-refractivity contribution in [3.63, 3.8) is 0 Å². The van der Waals surface area contributed by atoms with Crippen molar-refractivity contribution in [1.29, 1.82) is 0 Å². The third-order valence-corrected chi connectivity index (χ3v) is 4.25. The van der Waals surface area contributed by atoms with Crippen LogP contribution in [0.3, 0.4) is 0 Å². The molecule has 0 fully saturated rings. The van der Waals surface area contributed by atoms with E-state index in [4.69, 9.17) is 4.74 Å². The van der Waals surface area contributed by atoms with Gasteiger partial charge in [0.1, 0.15) is 0 Å². The Morgan fingerprint density at radius 3 is 2.67 bits per heavy atom. The summed E-state index contributed by atoms with van der Waals surface area (Å²) in [4.78, 5) is 11.2. The molecule has 0 amide bonds. The van der Waals surface area contributed by atoms with E-state index >= 15 is 0 Å². The number of anilines is 1. The number of nitrogens with one attached hydrogen (secondary N) is 2. The number of ether oxygens (including phenoxy) is 1. The molecule has 0 aromatic heterocycles. The number of sulfonamides is 1. The Labute approximate surface area is 124 Å². The lowest BCUT2D eigenvalue weighted by molar-refractivity contribution is 0.0697.